The van der Waals surface area contributed by atoms with Gasteiger partial charge in [-0.15, -0.1) is 24.0 Å². The maximum Gasteiger partial charge on any atom is 0.191 e. The first-order valence-electron chi connectivity index (χ1n) is 8.95. The number of aliphatic imine (C=N–C) groups is 1. The molecule has 0 aliphatic carbocycles. The molecule has 0 saturated heterocycles. The number of nitrogens with one attached hydrogen (secondary N) is 2. The first kappa shape index (κ1) is 22.2. The molecular formula is C21H25ClIN5. The molecule has 2 N–H and O–H groups in total. The molecule has 3 rings (SSSR count). The molecule has 0 amide bonds. The Kier molecular flexibility index (Phi) is 9.30. The van der Waals surface area contributed by atoms with E-state index in [9.17, 15) is 0 Å². The zero-order valence-corrected chi connectivity index (χ0v) is 18.9. The fourth-order valence-electron chi connectivity index (χ4n) is 2.81. The summed E-state index contributed by atoms with van der Waals surface area (Å²) in [5.74, 6) is 0.795. The molecule has 0 spiro atoms. The van der Waals surface area contributed by atoms with E-state index < -0.39 is 0 Å². The van der Waals surface area contributed by atoms with Crippen LogP contribution in [0.2, 0.25) is 5.02 Å². The van der Waals surface area contributed by atoms with Crippen molar-refractivity contribution in [2.24, 2.45) is 4.99 Å². The van der Waals surface area contributed by atoms with E-state index in [4.69, 9.17) is 11.6 Å². The maximum atomic E-state index is 5.92. The summed E-state index contributed by atoms with van der Waals surface area (Å²) in [6.07, 6.45) is 6.51. The van der Waals surface area contributed by atoms with Gasteiger partial charge in [0, 0.05) is 44.1 Å². The molecule has 0 bridgehead atoms. The number of benzene rings is 2. The largest absolute Gasteiger partial charge is 0.356 e. The predicted octanol–water partition coefficient (Wildman–Crippen LogP) is 4.11. The zero-order chi connectivity index (χ0) is 18.9. The van der Waals surface area contributed by atoms with Crippen molar-refractivity contribution in [3.05, 3.63) is 89.0 Å². The molecule has 0 fully saturated rings. The van der Waals surface area contributed by atoms with Crippen LogP contribution in [0.5, 0.6) is 0 Å². The van der Waals surface area contributed by atoms with E-state index in [1.807, 2.05) is 36.8 Å². The Morgan fingerprint density at radius 1 is 1.07 bits per heavy atom. The Morgan fingerprint density at radius 2 is 1.86 bits per heavy atom. The molecule has 0 atom stereocenters. The van der Waals surface area contributed by atoms with E-state index >= 15 is 0 Å². The Balaban J connectivity index is 0.00000280. The van der Waals surface area contributed by atoms with E-state index in [0.717, 1.165) is 37.0 Å². The first-order chi connectivity index (χ1) is 13.2. The molecule has 0 saturated carbocycles. The average Bonchev–Trinajstić information content (AvgIpc) is 3.19. The van der Waals surface area contributed by atoms with E-state index in [0.29, 0.717) is 0 Å². The molecule has 1 heterocycles. The van der Waals surface area contributed by atoms with Crippen molar-refractivity contribution in [3.63, 3.8) is 0 Å². The molecule has 0 unspecified atom stereocenters. The second kappa shape index (κ2) is 11.7. The summed E-state index contributed by atoms with van der Waals surface area (Å²) >= 11 is 5.92. The number of imidazole rings is 1. The lowest BCUT2D eigenvalue weighted by molar-refractivity contribution is 0.783. The Hall–Kier alpha value is -2.06. The number of rotatable bonds is 7. The van der Waals surface area contributed by atoms with Gasteiger partial charge in [0.2, 0.25) is 0 Å². The van der Waals surface area contributed by atoms with Gasteiger partial charge in [0.05, 0.1) is 6.33 Å². The first-order valence-corrected chi connectivity index (χ1v) is 9.33. The molecule has 0 aliphatic rings. The van der Waals surface area contributed by atoms with Crippen LogP contribution in [0.3, 0.4) is 0 Å². The van der Waals surface area contributed by atoms with Crippen LogP contribution >= 0.6 is 35.6 Å². The summed E-state index contributed by atoms with van der Waals surface area (Å²) in [6.45, 7) is 2.35. The topological polar surface area (TPSA) is 54.2 Å². The SMILES string of the molecule is CN=C(NCCc1ccc(Cl)cc1)NCc1cccc(Cn2ccnc2)c1.I. The summed E-state index contributed by atoms with van der Waals surface area (Å²) in [7, 11) is 1.78. The van der Waals surface area contributed by atoms with Crippen molar-refractivity contribution in [1.82, 2.24) is 20.2 Å². The van der Waals surface area contributed by atoms with Crippen molar-refractivity contribution >= 4 is 41.5 Å². The van der Waals surface area contributed by atoms with Gasteiger partial charge < -0.3 is 15.2 Å². The van der Waals surface area contributed by atoms with Gasteiger partial charge in [-0.1, -0.05) is 48.0 Å². The monoisotopic (exact) mass is 509 g/mol. The molecule has 1 aromatic heterocycles. The molecule has 3 aromatic rings. The van der Waals surface area contributed by atoms with E-state index in [1.54, 1.807) is 13.2 Å². The summed E-state index contributed by atoms with van der Waals surface area (Å²) in [5.41, 5.74) is 3.71. The highest BCUT2D eigenvalue weighted by molar-refractivity contribution is 14.0. The van der Waals surface area contributed by atoms with E-state index in [2.05, 4.69) is 49.4 Å². The minimum Gasteiger partial charge on any atom is -0.356 e. The summed E-state index contributed by atoms with van der Waals surface area (Å²) in [4.78, 5) is 8.38. The second-order valence-electron chi connectivity index (χ2n) is 6.28. The quantitative estimate of drug-likeness (QED) is 0.286. The van der Waals surface area contributed by atoms with Gasteiger partial charge in [-0.05, 0) is 35.2 Å². The van der Waals surface area contributed by atoms with Gasteiger partial charge in [-0.2, -0.15) is 0 Å². The van der Waals surface area contributed by atoms with E-state index in [-0.39, 0.29) is 24.0 Å². The number of halogens is 2. The van der Waals surface area contributed by atoms with Crippen LogP contribution in [0.15, 0.2) is 72.2 Å². The highest BCUT2D eigenvalue weighted by atomic mass is 127. The number of aromatic nitrogens is 2. The second-order valence-corrected chi connectivity index (χ2v) is 6.72. The normalized spacial score (nSPS) is 11.0. The Labute approximate surface area is 188 Å². The molecule has 2 aromatic carbocycles. The molecule has 0 aliphatic heterocycles. The van der Waals surface area contributed by atoms with Crippen molar-refractivity contribution in [2.75, 3.05) is 13.6 Å². The van der Waals surface area contributed by atoms with E-state index in [1.165, 1.54) is 16.7 Å². The lowest BCUT2D eigenvalue weighted by atomic mass is 10.1. The van der Waals surface area contributed by atoms with Crippen LogP contribution < -0.4 is 10.6 Å². The Morgan fingerprint density at radius 3 is 2.57 bits per heavy atom. The van der Waals surface area contributed by atoms with Gasteiger partial charge >= 0.3 is 0 Å². The highest BCUT2D eigenvalue weighted by Crippen LogP contribution is 2.09. The maximum absolute atomic E-state index is 5.92. The van der Waals surface area contributed by atoms with Crippen LogP contribution in [0.1, 0.15) is 16.7 Å². The molecular weight excluding hydrogens is 485 g/mol. The van der Waals surface area contributed by atoms with Crippen molar-refractivity contribution < 1.29 is 0 Å². The molecule has 0 radical (unpaired) electrons. The van der Waals surface area contributed by atoms with Gasteiger partial charge in [-0.3, -0.25) is 4.99 Å². The molecule has 28 heavy (non-hydrogen) atoms. The molecule has 5 nitrogen and oxygen atoms in total. The third-order valence-corrected chi connectivity index (χ3v) is 4.47. The summed E-state index contributed by atoms with van der Waals surface area (Å²) in [6, 6.07) is 16.5. The number of nitrogens with zero attached hydrogens (tertiary/aromatic N) is 3. The van der Waals surface area contributed by atoms with Crippen molar-refractivity contribution in [1.29, 1.82) is 0 Å². The predicted molar refractivity (Wildman–Crippen MR) is 127 cm³/mol. The van der Waals surface area contributed by atoms with Crippen LogP contribution in [0.25, 0.3) is 0 Å². The standard InChI is InChI=1S/C21H24ClN5.HI/c1-23-21(25-10-9-17-5-7-20(22)8-6-17)26-14-18-3-2-4-19(13-18)15-27-12-11-24-16-27;/h2-8,11-13,16H,9-10,14-15H2,1H3,(H2,23,25,26);1H. The zero-order valence-electron chi connectivity index (χ0n) is 15.8. The van der Waals surface area contributed by atoms with Crippen LogP contribution in [-0.4, -0.2) is 29.1 Å². The van der Waals surface area contributed by atoms with Crippen LogP contribution in [-0.2, 0) is 19.5 Å². The van der Waals surface area contributed by atoms with Crippen LogP contribution in [0, 0.1) is 0 Å². The third-order valence-electron chi connectivity index (χ3n) is 4.22. The highest BCUT2D eigenvalue weighted by Gasteiger charge is 2.01. The van der Waals surface area contributed by atoms with Crippen molar-refractivity contribution in [2.45, 2.75) is 19.5 Å². The van der Waals surface area contributed by atoms with Gasteiger partial charge in [0.15, 0.2) is 5.96 Å². The lowest BCUT2D eigenvalue weighted by Gasteiger charge is -2.13. The minimum atomic E-state index is 0. The fraction of sp³-hybridized carbons (Fsp3) is 0.238. The molecule has 7 heteroatoms. The average molecular weight is 510 g/mol. The Bertz CT molecular complexity index is 863. The minimum absolute atomic E-state index is 0. The number of guanidine groups is 1. The summed E-state index contributed by atoms with van der Waals surface area (Å²) in [5, 5.41) is 7.48. The van der Waals surface area contributed by atoms with Gasteiger partial charge in [0.1, 0.15) is 0 Å². The number of hydrogen-bond donors (Lipinski definition) is 2. The smallest absolute Gasteiger partial charge is 0.191 e. The fourth-order valence-corrected chi connectivity index (χ4v) is 2.94. The lowest BCUT2D eigenvalue weighted by Crippen LogP contribution is -2.37. The van der Waals surface area contributed by atoms with Gasteiger partial charge in [0.25, 0.3) is 0 Å². The number of hydrogen-bond acceptors (Lipinski definition) is 2. The molecule has 148 valence electrons. The van der Waals surface area contributed by atoms with Gasteiger partial charge in [-0.25, -0.2) is 4.98 Å². The summed E-state index contributed by atoms with van der Waals surface area (Å²) < 4.78 is 2.06. The third kappa shape index (κ3) is 7.16. The van der Waals surface area contributed by atoms with Crippen LogP contribution in [0.4, 0.5) is 0 Å². The van der Waals surface area contributed by atoms with Crippen molar-refractivity contribution in [3.8, 4) is 0 Å².